The summed E-state index contributed by atoms with van der Waals surface area (Å²) in [6.07, 6.45) is 0. The molecule has 0 unspecified atom stereocenters. The molecule has 19 heavy (non-hydrogen) atoms. The standard InChI is InChI=1S/C14H18N2O2Si/c1-19(2,9-3-5-11(15)13(17)7-9)10-4-6-12(16)14(18)8-10/h3-8,17-18H,15-16H2,1-2H3. The fourth-order valence-corrected chi connectivity index (χ4v) is 4.36. The van der Waals surface area contributed by atoms with Crippen LogP contribution in [0.5, 0.6) is 11.5 Å². The number of nitrogens with two attached hydrogens (primary N) is 2. The molecule has 0 aromatic heterocycles. The van der Waals surface area contributed by atoms with E-state index in [1.54, 1.807) is 24.3 Å². The van der Waals surface area contributed by atoms with E-state index in [1.165, 1.54) is 0 Å². The minimum absolute atomic E-state index is 0.0951. The molecule has 2 rings (SSSR count). The summed E-state index contributed by atoms with van der Waals surface area (Å²) in [5, 5.41) is 21.6. The number of nitrogen functional groups attached to an aromatic ring is 2. The lowest BCUT2D eigenvalue weighted by Crippen LogP contribution is -2.52. The van der Waals surface area contributed by atoms with Gasteiger partial charge >= 0.3 is 0 Å². The predicted molar refractivity (Wildman–Crippen MR) is 81.8 cm³/mol. The molecule has 0 radical (unpaired) electrons. The topological polar surface area (TPSA) is 92.5 Å². The van der Waals surface area contributed by atoms with Gasteiger partial charge < -0.3 is 21.7 Å². The second kappa shape index (κ2) is 4.51. The van der Waals surface area contributed by atoms with Crippen LogP contribution in [0.2, 0.25) is 13.1 Å². The summed E-state index contributed by atoms with van der Waals surface area (Å²) in [5.41, 5.74) is 12.0. The van der Waals surface area contributed by atoms with Crippen LogP contribution in [-0.4, -0.2) is 18.3 Å². The van der Waals surface area contributed by atoms with Crippen molar-refractivity contribution in [2.45, 2.75) is 13.1 Å². The first kappa shape index (κ1) is 13.3. The van der Waals surface area contributed by atoms with Gasteiger partial charge in [0.2, 0.25) is 0 Å². The van der Waals surface area contributed by atoms with E-state index in [4.69, 9.17) is 11.5 Å². The van der Waals surface area contributed by atoms with Gasteiger partial charge in [0.05, 0.1) is 11.4 Å². The first-order chi connectivity index (χ1) is 8.82. The molecule has 0 aliphatic carbocycles. The van der Waals surface area contributed by atoms with Gasteiger partial charge in [-0.25, -0.2) is 0 Å². The van der Waals surface area contributed by atoms with Crippen molar-refractivity contribution < 1.29 is 10.2 Å². The third kappa shape index (κ3) is 2.37. The maximum atomic E-state index is 9.74. The van der Waals surface area contributed by atoms with Gasteiger partial charge in [-0.1, -0.05) is 35.6 Å². The average Bonchev–Trinajstić information content (AvgIpc) is 2.35. The molecule has 0 bridgehead atoms. The van der Waals surface area contributed by atoms with Crippen LogP contribution in [0.1, 0.15) is 0 Å². The van der Waals surface area contributed by atoms with E-state index in [-0.39, 0.29) is 11.5 Å². The zero-order valence-electron chi connectivity index (χ0n) is 11.0. The molecule has 0 spiro atoms. The molecule has 0 amide bonds. The highest BCUT2D eigenvalue weighted by Gasteiger charge is 2.27. The van der Waals surface area contributed by atoms with Crippen LogP contribution in [0, 0.1) is 0 Å². The summed E-state index contributed by atoms with van der Waals surface area (Å²) in [4.78, 5) is 0. The summed E-state index contributed by atoms with van der Waals surface area (Å²) < 4.78 is 0. The number of anilines is 2. The Labute approximate surface area is 113 Å². The lowest BCUT2D eigenvalue weighted by atomic mass is 10.3. The van der Waals surface area contributed by atoms with Crippen LogP contribution in [0.4, 0.5) is 11.4 Å². The molecule has 0 heterocycles. The van der Waals surface area contributed by atoms with Crippen molar-refractivity contribution in [3.05, 3.63) is 36.4 Å². The lowest BCUT2D eigenvalue weighted by molar-refractivity contribution is 0.478. The number of hydrogen-bond acceptors (Lipinski definition) is 4. The molecule has 0 saturated carbocycles. The number of phenols is 2. The van der Waals surface area contributed by atoms with Crippen molar-refractivity contribution in [3.63, 3.8) is 0 Å². The summed E-state index contributed by atoms with van der Waals surface area (Å²) in [7, 11) is -2.00. The second-order valence-corrected chi connectivity index (χ2v) is 9.58. The fourth-order valence-electron chi connectivity index (χ4n) is 2.03. The Morgan fingerprint density at radius 2 is 1.16 bits per heavy atom. The molecule has 0 aliphatic rings. The summed E-state index contributed by atoms with van der Waals surface area (Å²) in [5.74, 6) is 0.190. The van der Waals surface area contributed by atoms with Crippen molar-refractivity contribution in [3.8, 4) is 11.5 Å². The maximum absolute atomic E-state index is 9.74. The third-order valence-corrected chi connectivity index (χ3v) is 7.01. The van der Waals surface area contributed by atoms with Crippen LogP contribution in [0.3, 0.4) is 0 Å². The minimum atomic E-state index is -2.00. The highest BCUT2D eigenvalue weighted by Crippen LogP contribution is 2.21. The molecular formula is C14H18N2O2Si. The molecule has 0 aliphatic heterocycles. The highest BCUT2D eigenvalue weighted by atomic mass is 28.3. The van der Waals surface area contributed by atoms with Crippen molar-refractivity contribution in [1.29, 1.82) is 0 Å². The van der Waals surface area contributed by atoms with Gasteiger partial charge in [-0.15, -0.1) is 0 Å². The largest absolute Gasteiger partial charge is 0.506 e. The Kier molecular flexibility index (Phi) is 3.16. The normalized spacial score (nSPS) is 11.5. The molecule has 100 valence electrons. The zero-order chi connectivity index (χ0) is 14.2. The van der Waals surface area contributed by atoms with Crippen molar-refractivity contribution in [1.82, 2.24) is 0 Å². The molecule has 0 saturated heterocycles. The average molecular weight is 274 g/mol. The number of rotatable bonds is 2. The smallest absolute Gasteiger partial charge is 0.138 e. The van der Waals surface area contributed by atoms with Gasteiger partial charge in [-0.3, -0.25) is 0 Å². The van der Waals surface area contributed by atoms with Crippen LogP contribution in [-0.2, 0) is 0 Å². The Hall–Kier alpha value is -2.14. The van der Waals surface area contributed by atoms with E-state index >= 15 is 0 Å². The van der Waals surface area contributed by atoms with Gasteiger partial charge in [-0.2, -0.15) is 0 Å². The van der Waals surface area contributed by atoms with Crippen LogP contribution >= 0.6 is 0 Å². The van der Waals surface area contributed by atoms with Gasteiger partial charge in [-0.05, 0) is 24.3 Å². The Morgan fingerprint density at radius 1 is 0.789 bits per heavy atom. The van der Waals surface area contributed by atoms with E-state index in [0.717, 1.165) is 10.4 Å². The van der Waals surface area contributed by atoms with E-state index in [0.29, 0.717) is 11.4 Å². The quantitative estimate of drug-likeness (QED) is 0.375. The second-order valence-electron chi connectivity index (χ2n) is 5.17. The molecule has 5 heteroatoms. The maximum Gasteiger partial charge on any atom is 0.138 e. The van der Waals surface area contributed by atoms with Crippen molar-refractivity contribution in [2.75, 3.05) is 11.5 Å². The number of phenolic OH excluding ortho intramolecular Hbond substituents is 2. The molecular weight excluding hydrogens is 256 g/mol. The summed E-state index contributed by atoms with van der Waals surface area (Å²) in [6, 6.07) is 10.7. The fraction of sp³-hybridized carbons (Fsp3) is 0.143. The van der Waals surface area contributed by atoms with E-state index < -0.39 is 8.07 Å². The first-order valence-electron chi connectivity index (χ1n) is 6.00. The summed E-state index contributed by atoms with van der Waals surface area (Å²) >= 11 is 0. The van der Waals surface area contributed by atoms with Crippen LogP contribution in [0.25, 0.3) is 0 Å². The Balaban J connectivity index is 2.51. The number of benzene rings is 2. The van der Waals surface area contributed by atoms with Gasteiger partial charge in [0.1, 0.15) is 19.6 Å². The minimum Gasteiger partial charge on any atom is -0.506 e. The van der Waals surface area contributed by atoms with Gasteiger partial charge in [0.15, 0.2) is 0 Å². The van der Waals surface area contributed by atoms with Crippen LogP contribution < -0.4 is 21.8 Å². The molecule has 4 nitrogen and oxygen atoms in total. The lowest BCUT2D eigenvalue weighted by Gasteiger charge is -2.24. The van der Waals surface area contributed by atoms with E-state index in [1.807, 2.05) is 12.1 Å². The first-order valence-corrected chi connectivity index (χ1v) is 9.00. The van der Waals surface area contributed by atoms with Crippen molar-refractivity contribution >= 4 is 29.8 Å². The molecule has 2 aromatic carbocycles. The molecule has 6 N–H and O–H groups in total. The van der Waals surface area contributed by atoms with Gasteiger partial charge in [0, 0.05) is 0 Å². The number of aromatic hydroxyl groups is 2. The molecule has 0 atom stereocenters. The Morgan fingerprint density at radius 3 is 1.47 bits per heavy atom. The van der Waals surface area contributed by atoms with Crippen LogP contribution in [0.15, 0.2) is 36.4 Å². The molecule has 2 aromatic rings. The van der Waals surface area contributed by atoms with E-state index in [9.17, 15) is 10.2 Å². The van der Waals surface area contributed by atoms with Crippen molar-refractivity contribution in [2.24, 2.45) is 0 Å². The van der Waals surface area contributed by atoms with E-state index in [2.05, 4.69) is 13.1 Å². The zero-order valence-corrected chi connectivity index (χ0v) is 12.0. The van der Waals surface area contributed by atoms with Gasteiger partial charge in [0.25, 0.3) is 0 Å². The highest BCUT2D eigenvalue weighted by molar-refractivity contribution is 7.00. The number of hydrogen-bond donors (Lipinski definition) is 4. The monoisotopic (exact) mass is 274 g/mol. The molecule has 0 fully saturated rings. The predicted octanol–water partition coefficient (Wildman–Crippen LogP) is 1.08. The summed E-state index contributed by atoms with van der Waals surface area (Å²) in [6.45, 7) is 4.28. The SMILES string of the molecule is C[Si](C)(c1ccc(N)c(O)c1)c1ccc(N)c(O)c1. The third-order valence-electron chi connectivity index (χ3n) is 3.50. The Bertz CT molecular complexity index is 573.